The molecule has 1 unspecified atom stereocenters. The number of nitrogens with zero attached hydrogens (tertiary/aromatic N) is 2. The third kappa shape index (κ3) is 8.89. The van der Waals surface area contributed by atoms with E-state index < -0.39 is 11.6 Å². The topological polar surface area (TPSA) is 72.3 Å². The highest BCUT2D eigenvalue weighted by Gasteiger charge is 2.16. The second-order valence-electron chi connectivity index (χ2n) is 6.56. The largest absolute Gasteiger partial charge is 0.509 e. The minimum Gasteiger partial charge on any atom is -0.432 e. The van der Waals surface area contributed by atoms with E-state index in [1.54, 1.807) is 27.0 Å². The summed E-state index contributed by atoms with van der Waals surface area (Å²) in [5.74, 6) is 0.309. The predicted molar refractivity (Wildman–Crippen MR) is 109 cm³/mol. The summed E-state index contributed by atoms with van der Waals surface area (Å²) in [7, 11) is 0. The lowest BCUT2D eigenvalue weighted by Gasteiger charge is -2.15. The average Bonchev–Trinajstić information content (AvgIpc) is 2.49. The molecule has 0 aliphatic heterocycles. The fourth-order valence-electron chi connectivity index (χ4n) is 1.81. The van der Waals surface area contributed by atoms with Gasteiger partial charge in [0.1, 0.15) is 0 Å². The summed E-state index contributed by atoms with van der Waals surface area (Å²) >= 11 is 1.26. The number of hydrogen-bond acceptors (Lipinski definition) is 6. The van der Waals surface area contributed by atoms with E-state index in [0.29, 0.717) is 11.1 Å². The van der Waals surface area contributed by atoms with Crippen molar-refractivity contribution in [2.24, 2.45) is 16.0 Å². The van der Waals surface area contributed by atoms with Gasteiger partial charge in [0.25, 0.3) is 0 Å². The van der Waals surface area contributed by atoms with Gasteiger partial charge < -0.3 is 9.47 Å². The normalized spacial score (nSPS) is 13.3. The van der Waals surface area contributed by atoms with E-state index in [4.69, 9.17) is 9.47 Å². The lowest BCUT2D eigenvalue weighted by molar-refractivity contribution is 0.0314. The van der Waals surface area contributed by atoms with Crippen LogP contribution in [0.5, 0.6) is 0 Å². The summed E-state index contributed by atoms with van der Waals surface area (Å²) in [5, 5.41) is 4.74. The number of aliphatic imine (C=N–C) groups is 1. The molecule has 0 amide bonds. The smallest absolute Gasteiger partial charge is 0.432 e. The van der Waals surface area contributed by atoms with Crippen LogP contribution in [0.3, 0.4) is 0 Å². The molecule has 1 rings (SSSR count). The van der Waals surface area contributed by atoms with Crippen LogP contribution in [0.1, 0.15) is 45.7 Å². The molecule has 0 spiro atoms. The monoisotopic (exact) mass is 379 g/mol. The van der Waals surface area contributed by atoms with Gasteiger partial charge >= 0.3 is 6.16 Å². The second-order valence-corrected chi connectivity index (χ2v) is 7.85. The third-order valence-electron chi connectivity index (χ3n) is 2.99. The van der Waals surface area contributed by atoms with Crippen molar-refractivity contribution in [1.82, 2.24) is 5.43 Å². The Morgan fingerprint density at radius 2 is 1.85 bits per heavy atom. The molecule has 0 saturated carbocycles. The van der Waals surface area contributed by atoms with Gasteiger partial charge in [0.05, 0.1) is 11.8 Å². The summed E-state index contributed by atoms with van der Waals surface area (Å²) in [5.41, 5.74) is 5.48. The van der Waals surface area contributed by atoms with E-state index in [1.807, 2.05) is 45.9 Å². The van der Waals surface area contributed by atoms with Crippen LogP contribution < -0.4 is 5.43 Å². The van der Waals surface area contributed by atoms with Gasteiger partial charge in [0, 0.05) is 6.21 Å². The van der Waals surface area contributed by atoms with E-state index in [-0.39, 0.29) is 6.10 Å². The average molecular weight is 380 g/mol. The zero-order valence-corrected chi connectivity index (χ0v) is 17.4. The molecule has 0 aliphatic rings. The van der Waals surface area contributed by atoms with E-state index in [0.717, 1.165) is 16.8 Å². The SMILES string of the molecule is Cc1ccc(C)c(N=C(N/N=C/C(C)C)SC(C)OC(=O)OC(C)C)c1. The lowest BCUT2D eigenvalue weighted by Crippen LogP contribution is -2.22. The van der Waals surface area contributed by atoms with Crippen molar-refractivity contribution in [3.63, 3.8) is 0 Å². The third-order valence-corrected chi connectivity index (χ3v) is 3.83. The lowest BCUT2D eigenvalue weighted by atomic mass is 10.1. The highest BCUT2D eigenvalue weighted by Crippen LogP contribution is 2.23. The highest BCUT2D eigenvalue weighted by molar-refractivity contribution is 8.14. The van der Waals surface area contributed by atoms with Crippen LogP contribution >= 0.6 is 11.8 Å². The van der Waals surface area contributed by atoms with Crippen molar-refractivity contribution in [3.05, 3.63) is 29.3 Å². The molecule has 0 aromatic heterocycles. The Bertz CT molecular complexity index is 657. The number of aryl methyl sites for hydroxylation is 2. The Morgan fingerprint density at radius 1 is 1.15 bits per heavy atom. The highest BCUT2D eigenvalue weighted by atomic mass is 32.2. The number of hydrazone groups is 1. The molecule has 1 N–H and O–H groups in total. The van der Waals surface area contributed by atoms with Crippen LogP contribution in [0.2, 0.25) is 0 Å². The number of carbonyl (C=O) groups excluding carboxylic acids is 1. The molecule has 1 aromatic carbocycles. The Labute approximate surface area is 160 Å². The summed E-state index contributed by atoms with van der Waals surface area (Å²) in [6.45, 7) is 13.4. The van der Waals surface area contributed by atoms with Crippen molar-refractivity contribution in [1.29, 1.82) is 0 Å². The number of carbonyl (C=O) groups is 1. The zero-order chi connectivity index (χ0) is 19.7. The minimum absolute atomic E-state index is 0.225. The molecule has 6 nitrogen and oxygen atoms in total. The molecular weight excluding hydrogens is 350 g/mol. The fourth-order valence-corrected chi connectivity index (χ4v) is 2.50. The van der Waals surface area contributed by atoms with E-state index in [9.17, 15) is 4.79 Å². The molecular formula is C19H29N3O3S. The first-order chi connectivity index (χ1) is 12.2. The number of nitrogens with one attached hydrogen (secondary N) is 1. The van der Waals surface area contributed by atoms with Gasteiger partial charge in [-0.1, -0.05) is 26.0 Å². The Morgan fingerprint density at radius 3 is 2.46 bits per heavy atom. The van der Waals surface area contributed by atoms with Crippen molar-refractivity contribution in [3.8, 4) is 0 Å². The van der Waals surface area contributed by atoms with Crippen LogP contribution in [0.4, 0.5) is 10.5 Å². The molecule has 26 heavy (non-hydrogen) atoms. The Kier molecular flexibility index (Phi) is 9.19. The molecule has 0 heterocycles. The maximum Gasteiger partial charge on any atom is 0.509 e. The molecule has 0 saturated heterocycles. The summed E-state index contributed by atoms with van der Waals surface area (Å²) in [6, 6.07) is 6.06. The minimum atomic E-state index is -0.697. The van der Waals surface area contributed by atoms with E-state index in [1.165, 1.54) is 11.8 Å². The van der Waals surface area contributed by atoms with E-state index >= 15 is 0 Å². The maximum absolute atomic E-state index is 11.7. The van der Waals surface area contributed by atoms with E-state index in [2.05, 4.69) is 15.5 Å². The molecule has 0 aliphatic carbocycles. The summed E-state index contributed by atoms with van der Waals surface area (Å²) in [4.78, 5) is 16.3. The van der Waals surface area contributed by atoms with Gasteiger partial charge in [-0.3, -0.25) is 5.43 Å². The Hall–Kier alpha value is -2.02. The number of benzene rings is 1. The summed E-state index contributed by atoms with van der Waals surface area (Å²) < 4.78 is 10.2. The Balaban J connectivity index is 2.92. The van der Waals surface area contributed by atoms with Gasteiger partial charge in [-0.2, -0.15) is 5.10 Å². The first kappa shape index (κ1) is 22.0. The van der Waals surface area contributed by atoms with Gasteiger partial charge in [-0.15, -0.1) is 0 Å². The molecule has 144 valence electrons. The molecule has 0 radical (unpaired) electrons. The van der Waals surface area contributed by atoms with Crippen LogP contribution in [-0.2, 0) is 9.47 Å². The first-order valence-corrected chi connectivity index (χ1v) is 9.54. The standard InChI is InChI=1S/C19H29N3O3S/c1-12(2)11-20-22-18(21-17-10-14(5)8-9-15(17)6)26-16(7)25-19(23)24-13(3)4/h8-13,16H,1-7H3,(H,21,22)/b20-11+. The number of thioether (sulfide) groups is 1. The molecule has 7 heteroatoms. The first-order valence-electron chi connectivity index (χ1n) is 8.66. The van der Waals surface area contributed by atoms with Gasteiger partial charge in [-0.25, -0.2) is 9.79 Å². The molecule has 1 atom stereocenters. The number of amidine groups is 1. The zero-order valence-electron chi connectivity index (χ0n) is 16.6. The van der Waals surface area contributed by atoms with Crippen LogP contribution in [-0.4, -0.2) is 29.1 Å². The number of rotatable bonds is 6. The van der Waals surface area contributed by atoms with Crippen LogP contribution in [0, 0.1) is 19.8 Å². The predicted octanol–water partition coefficient (Wildman–Crippen LogP) is 5.16. The quantitative estimate of drug-likeness (QED) is 0.243. The van der Waals surface area contributed by atoms with Crippen molar-refractivity contribution < 1.29 is 14.3 Å². The van der Waals surface area contributed by atoms with Crippen LogP contribution in [0.15, 0.2) is 28.3 Å². The summed E-state index contributed by atoms with van der Waals surface area (Å²) in [6.07, 6.45) is 0.867. The number of hydrogen-bond donors (Lipinski definition) is 1. The maximum atomic E-state index is 11.7. The van der Waals surface area contributed by atoms with Crippen molar-refractivity contribution >= 4 is 35.0 Å². The van der Waals surface area contributed by atoms with Crippen molar-refractivity contribution in [2.75, 3.05) is 0 Å². The molecule has 1 aromatic rings. The number of ether oxygens (including phenoxy) is 2. The second kappa shape index (κ2) is 10.9. The fraction of sp³-hybridized carbons (Fsp3) is 0.526. The molecule has 0 fully saturated rings. The van der Waals surface area contributed by atoms with Gasteiger partial charge in [0.15, 0.2) is 10.6 Å². The molecule has 0 bridgehead atoms. The van der Waals surface area contributed by atoms with Gasteiger partial charge in [-0.05, 0) is 69.5 Å². The van der Waals surface area contributed by atoms with Crippen molar-refractivity contribution in [2.45, 2.75) is 60.0 Å². The van der Waals surface area contributed by atoms with Gasteiger partial charge in [0.2, 0.25) is 0 Å². The van der Waals surface area contributed by atoms with Crippen LogP contribution in [0.25, 0.3) is 0 Å².